The van der Waals surface area contributed by atoms with Crippen LogP contribution in [0.5, 0.6) is 0 Å². The Morgan fingerprint density at radius 3 is 2.56 bits per heavy atom. The topological polar surface area (TPSA) is 51.2 Å². The van der Waals surface area contributed by atoms with Gasteiger partial charge in [-0.2, -0.15) is 0 Å². The van der Waals surface area contributed by atoms with Crippen molar-refractivity contribution < 1.29 is 17.6 Å². The van der Waals surface area contributed by atoms with Crippen molar-refractivity contribution >= 4 is 16.1 Å². The van der Waals surface area contributed by atoms with Crippen molar-refractivity contribution in [3.63, 3.8) is 0 Å². The number of hydrogen-bond acceptors (Lipinski definition) is 3. The molecule has 0 amide bonds. The fraction of sp³-hybridized carbons (Fsp3) is 0.364. The van der Waals surface area contributed by atoms with Crippen LogP contribution in [-0.4, -0.2) is 21.0 Å². The number of hydrogen-bond donors (Lipinski definition) is 0. The van der Waals surface area contributed by atoms with E-state index in [1.54, 1.807) is 6.92 Å². The lowest BCUT2D eigenvalue weighted by Crippen LogP contribution is -2.08. The molecule has 1 aromatic carbocycles. The van der Waals surface area contributed by atoms with E-state index < -0.39 is 21.6 Å². The van der Waals surface area contributed by atoms with E-state index in [0.29, 0.717) is 6.29 Å². The Hall–Kier alpha value is -1.23. The average Bonchev–Trinajstić information content (AvgIpc) is 2.16. The first-order valence-electron chi connectivity index (χ1n) is 4.80. The fourth-order valence-electron chi connectivity index (χ4n) is 1.58. The van der Waals surface area contributed by atoms with Gasteiger partial charge < -0.3 is 4.79 Å². The van der Waals surface area contributed by atoms with Gasteiger partial charge in [0.2, 0.25) is 0 Å². The molecular formula is C11H13FO3S. The predicted octanol–water partition coefficient (Wildman–Crippen LogP) is 1.92. The number of sulfone groups is 1. The van der Waals surface area contributed by atoms with E-state index in [2.05, 4.69) is 0 Å². The fourth-order valence-corrected chi connectivity index (χ4v) is 2.60. The molecule has 1 rings (SSSR count). The molecule has 0 N–H and O–H groups in total. The molecule has 0 spiro atoms. The zero-order chi connectivity index (χ0) is 12.3. The lowest BCUT2D eigenvalue weighted by molar-refractivity contribution is -0.108. The number of carbonyl (C=O) groups is 1. The lowest BCUT2D eigenvalue weighted by atomic mass is 9.98. The zero-order valence-electron chi connectivity index (χ0n) is 9.10. The van der Waals surface area contributed by atoms with Crippen LogP contribution >= 0.6 is 0 Å². The maximum atomic E-state index is 13.6. The maximum absolute atomic E-state index is 13.6. The highest BCUT2D eigenvalue weighted by molar-refractivity contribution is 7.90. The molecule has 1 unspecified atom stereocenters. The van der Waals surface area contributed by atoms with Crippen molar-refractivity contribution in [2.75, 3.05) is 6.26 Å². The molecule has 0 saturated heterocycles. The summed E-state index contributed by atoms with van der Waals surface area (Å²) in [6.45, 7) is 1.63. The minimum Gasteiger partial charge on any atom is -0.303 e. The molecule has 1 aromatic rings. The maximum Gasteiger partial charge on any atom is 0.175 e. The van der Waals surface area contributed by atoms with E-state index in [1.165, 1.54) is 18.2 Å². The third kappa shape index (κ3) is 2.66. The molecule has 0 aliphatic carbocycles. The number of carbonyl (C=O) groups excluding carboxylic acids is 1. The van der Waals surface area contributed by atoms with E-state index in [4.69, 9.17) is 0 Å². The van der Waals surface area contributed by atoms with Crippen molar-refractivity contribution in [1.29, 1.82) is 0 Å². The van der Waals surface area contributed by atoms with Crippen LogP contribution in [0.25, 0.3) is 0 Å². The third-order valence-corrected chi connectivity index (χ3v) is 3.51. The van der Waals surface area contributed by atoms with Crippen molar-refractivity contribution in [3.8, 4) is 0 Å². The van der Waals surface area contributed by atoms with Crippen LogP contribution in [-0.2, 0) is 14.6 Å². The average molecular weight is 244 g/mol. The molecule has 0 bridgehead atoms. The van der Waals surface area contributed by atoms with Gasteiger partial charge in [-0.15, -0.1) is 0 Å². The second-order valence-electron chi connectivity index (χ2n) is 3.73. The summed E-state index contributed by atoms with van der Waals surface area (Å²) in [5, 5.41) is 0. The van der Waals surface area contributed by atoms with Crippen molar-refractivity contribution in [2.45, 2.75) is 24.2 Å². The molecule has 5 heteroatoms. The largest absolute Gasteiger partial charge is 0.303 e. The van der Waals surface area contributed by atoms with Gasteiger partial charge in [0.1, 0.15) is 12.1 Å². The van der Waals surface area contributed by atoms with E-state index in [1.807, 2.05) is 0 Å². The SMILES string of the molecule is CC(CC=O)c1c(F)cccc1S(C)(=O)=O. The minimum atomic E-state index is -3.48. The molecule has 88 valence electrons. The molecule has 0 saturated carbocycles. The number of benzene rings is 1. The van der Waals surface area contributed by atoms with Crippen LogP contribution < -0.4 is 0 Å². The summed E-state index contributed by atoms with van der Waals surface area (Å²) in [6, 6.07) is 3.91. The Kier molecular flexibility index (Phi) is 3.80. The first-order chi connectivity index (χ1) is 7.38. The molecule has 0 aromatic heterocycles. The van der Waals surface area contributed by atoms with Gasteiger partial charge in [-0.25, -0.2) is 12.8 Å². The van der Waals surface area contributed by atoms with E-state index in [9.17, 15) is 17.6 Å². The highest BCUT2D eigenvalue weighted by Crippen LogP contribution is 2.28. The lowest BCUT2D eigenvalue weighted by Gasteiger charge is -2.13. The van der Waals surface area contributed by atoms with Crippen LogP contribution in [0.2, 0.25) is 0 Å². The van der Waals surface area contributed by atoms with Gasteiger partial charge in [0, 0.05) is 18.2 Å². The van der Waals surface area contributed by atoms with E-state index in [0.717, 1.165) is 6.26 Å². The van der Waals surface area contributed by atoms with Gasteiger partial charge in [-0.05, 0) is 18.1 Å². The van der Waals surface area contributed by atoms with Crippen LogP contribution in [0.4, 0.5) is 4.39 Å². The van der Waals surface area contributed by atoms with Crippen LogP contribution in [0, 0.1) is 5.82 Å². The van der Waals surface area contributed by atoms with Gasteiger partial charge in [-0.3, -0.25) is 0 Å². The van der Waals surface area contributed by atoms with Crippen LogP contribution in [0.15, 0.2) is 23.1 Å². The molecule has 0 heterocycles. The Balaban J connectivity index is 3.41. The first-order valence-corrected chi connectivity index (χ1v) is 6.69. The molecule has 0 aliphatic heterocycles. The van der Waals surface area contributed by atoms with Gasteiger partial charge in [0.05, 0.1) is 4.90 Å². The summed E-state index contributed by atoms with van der Waals surface area (Å²) in [7, 11) is -3.48. The summed E-state index contributed by atoms with van der Waals surface area (Å²) < 4.78 is 36.5. The quantitative estimate of drug-likeness (QED) is 0.760. The Labute approximate surface area is 94.2 Å². The number of rotatable bonds is 4. The monoisotopic (exact) mass is 244 g/mol. The molecule has 16 heavy (non-hydrogen) atoms. The molecule has 0 radical (unpaired) electrons. The van der Waals surface area contributed by atoms with Crippen LogP contribution in [0.3, 0.4) is 0 Å². The zero-order valence-corrected chi connectivity index (χ0v) is 9.92. The summed E-state index contributed by atoms with van der Waals surface area (Å²) in [4.78, 5) is 10.3. The second-order valence-corrected chi connectivity index (χ2v) is 5.71. The number of aldehydes is 1. The van der Waals surface area contributed by atoms with Crippen LogP contribution in [0.1, 0.15) is 24.8 Å². The Morgan fingerprint density at radius 1 is 1.44 bits per heavy atom. The number of halogens is 1. The standard InChI is InChI=1S/C11H13FO3S/c1-8(6-7-13)11-9(12)4-3-5-10(11)16(2,14)15/h3-5,7-8H,6H2,1-2H3. The molecule has 0 aliphatic rings. The highest BCUT2D eigenvalue weighted by atomic mass is 32.2. The summed E-state index contributed by atoms with van der Waals surface area (Å²) in [6.07, 6.45) is 1.78. The molecular weight excluding hydrogens is 231 g/mol. The third-order valence-electron chi connectivity index (χ3n) is 2.35. The van der Waals surface area contributed by atoms with Crippen molar-refractivity contribution in [3.05, 3.63) is 29.6 Å². The minimum absolute atomic E-state index is 0.0400. The highest BCUT2D eigenvalue weighted by Gasteiger charge is 2.20. The summed E-state index contributed by atoms with van der Waals surface area (Å²) in [5.74, 6) is -1.03. The van der Waals surface area contributed by atoms with E-state index in [-0.39, 0.29) is 16.9 Å². The Morgan fingerprint density at radius 2 is 2.06 bits per heavy atom. The van der Waals surface area contributed by atoms with Gasteiger partial charge >= 0.3 is 0 Å². The second kappa shape index (κ2) is 4.74. The summed E-state index contributed by atoms with van der Waals surface area (Å²) >= 11 is 0. The van der Waals surface area contributed by atoms with Gasteiger partial charge in [-0.1, -0.05) is 13.0 Å². The molecule has 3 nitrogen and oxygen atoms in total. The smallest absolute Gasteiger partial charge is 0.175 e. The van der Waals surface area contributed by atoms with Crippen molar-refractivity contribution in [2.24, 2.45) is 0 Å². The Bertz CT molecular complexity index is 494. The van der Waals surface area contributed by atoms with Gasteiger partial charge in [0.15, 0.2) is 9.84 Å². The summed E-state index contributed by atoms with van der Waals surface area (Å²) in [5.41, 5.74) is 0.0945. The predicted molar refractivity (Wildman–Crippen MR) is 58.6 cm³/mol. The molecule has 0 fully saturated rings. The normalized spacial score (nSPS) is 13.4. The molecule has 1 atom stereocenters. The first kappa shape index (κ1) is 12.8. The van der Waals surface area contributed by atoms with Crippen molar-refractivity contribution in [1.82, 2.24) is 0 Å². The van der Waals surface area contributed by atoms with Gasteiger partial charge in [0.25, 0.3) is 0 Å². The van der Waals surface area contributed by atoms with E-state index >= 15 is 0 Å².